The van der Waals surface area contributed by atoms with Crippen LogP contribution in [0.4, 0.5) is 0 Å². The molecule has 4 atom stereocenters. The first-order chi connectivity index (χ1) is 9.59. The molecule has 4 nitrogen and oxygen atoms in total. The van der Waals surface area contributed by atoms with Crippen LogP contribution in [0, 0.1) is 5.92 Å². The van der Waals surface area contributed by atoms with Gasteiger partial charge in [0.1, 0.15) is 6.10 Å². The summed E-state index contributed by atoms with van der Waals surface area (Å²) in [7, 11) is 1.62. The van der Waals surface area contributed by atoms with E-state index in [1.165, 1.54) is 0 Å². The lowest BCUT2D eigenvalue weighted by Crippen LogP contribution is -2.71. The van der Waals surface area contributed by atoms with Gasteiger partial charge in [0.15, 0.2) is 11.4 Å². The zero-order valence-corrected chi connectivity index (χ0v) is 12.4. The van der Waals surface area contributed by atoms with Gasteiger partial charge in [-0.1, -0.05) is 50.6 Å². The molecule has 20 heavy (non-hydrogen) atoms. The van der Waals surface area contributed by atoms with Crippen molar-refractivity contribution in [3.63, 3.8) is 0 Å². The Morgan fingerprint density at radius 3 is 2.65 bits per heavy atom. The number of hydrogen-bond acceptors (Lipinski definition) is 4. The van der Waals surface area contributed by atoms with Crippen LogP contribution in [0.15, 0.2) is 35.3 Å². The summed E-state index contributed by atoms with van der Waals surface area (Å²) in [6.07, 6.45) is 0.855. The van der Waals surface area contributed by atoms with Gasteiger partial charge in [-0.25, -0.2) is 4.99 Å². The third-order valence-electron chi connectivity index (χ3n) is 4.52. The van der Waals surface area contributed by atoms with E-state index in [1.807, 2.05) is 25.1 Å². The summed E-state index contributed by atoms with van der Waals surface area (Å²) < 4.78 is 17.4. The smallest absolute Gasteiger partial charge is 0.358 e. The normalized spacial score (nSPS) is 36.6. The summed E-state index contributed by atoms with van der Waals surface area (Å²) >= 11 is 0. The zero-order chi connectivity index (χ0) is 14.4. The lowest BCUT2D eigenvalue weighted by Gasteiger charge is -2.57. The number of rotatable bonds is 4. The van der Waals surface area contributed by atoms with Crippen molar-refractivity contribution in [2.45, 2.75) is 44.8 Å². The molecule has 0 N–H and O–H groups in total. The maximum Gasteiger partial charge on any atom is 0.358 e. The van der Waals surface area contributed by atoms with Gasteiger partial charge in [0, 0.05) is 14.0 Å². The van der Waals surface area contributed by atoms with Gasteiger partial charge in [0.2, 0.25) is 0 Å². The molecule has 1 fully saturated rings. The van der Waals surface area contributed by atoms with Gasteiger partial charge < -0.3 is 14.2 Å². The molecule has 3 rings (SSSR count). The molecule has 1 saturated heterocycles. The highest BCUT2D eigenvalue weighted by Gasteiger charge is 2.77. The largest absolute Gasteiger partial charge is 0.424 e. The van der Waals surface area contributed by atoms with E-state index in [1.54, 1.807) is 7.11 Å². The van der Waals surface area contributed by atoms with Crippen molar-refractivity contribution in [3.8, 4) is 0 Å². The van der Waals surface area contributed by atoms with E-state index < -0.39 is 11.5 Å². The van der Waals surface area contributed by atoms with E-state index in [0.717, 1.165) is 12.0 Å². The summed E-state index contributed by atoms with van der Waals surface area (Å²) in [5.74, 6) is -0.142. The third-order valence-corrected chi connectivity index (χ3v) is 4.52. The van der Waals surface area contributed by atoms with Crippen molar-refractivity contribution in [1.29, 1.82) is 0 Å². The molecule has 2 aliphatic heterocycles. The molecule has 2 aliphatic rings. The summed E-state index contributed by atoms with van der Waals surface area (Å²) in [6, 6.07) is 10.2. The molecule has 4 heteroatoms. The van der Waals surface area contributed by atoms with Gasteiger partial charge in [-0.2, -0.15) is 0 Å². The Kier molecular flexibility index (Phi) is 3.10. The molecule has 0 aliphatic carbocycles. The highest BCUT2D eigenvalue weighted by molar-refractivity contribution is 5.77. The predicted octanol–water partition coefficient (Wildman–Crippen LogP) is 3.29. The van der Waals surface area contributed by atoms with Gasteiger partial charge in [0.25, 0.3) is 0 Å². The first kappa shape index (κ1) is 13.6. The summed E-state index contributed by atoms with van der Waals surface area (Å²) in [6.45, 7) is 6.19. The maximum atomic E-state index is 6.02. The first-order valence-corrected chi connectivity index (χ1v) is 7.13. The van der Waals surface area contributed by atoms with Crippen LogP contribution in [0.25, 0.3) is 0 Å². The van der Waals surface area contributed by atoms with E-state index in [4.69, 9.17) is 19.2 Å². The van der Waals surface area contributed by atoms with Crippen LogP contribution < -0.4 is 0 Å². The molecule has 0 radical (unpaired) electrons. The van der Waals surface area contributed by atoms with Crippen LogP contribution in [0.1, 0.15) is 38.9 Å². The van der Waals surface area contributed by atoms with E-state index in [0.29, 0.717) is 11.8 Å². The van der Waals surface area contributed by atoms with Gasteiger partial charge in [-0.15, -0.1) is 0 Å². The SMILES string of the molecule is CCC(C)[C@@]12N=C(C)O[C@]1(OC)O[C@@H]2c1ccccc1. The molecule has 0 saturated carbocycles. The number of fused-ring (bicyclic) bond motifs is 1. The second-order valence-corrected chi connectivity index (χ2v) is 5.54. The molecule has 0 aromatic heterocycles. The number of aliphatic imine (C=N–C) groups is 1. The van der Waals surface area contributed by atoms with Crippen LogP contribution in [0.3, 0.4) is 0 Å². The zero-order valence-electron chi connectivity index (χ0n) is 12.4. The van der Waals surface area contributed by atoms with Crippen LogP contribution in [-0.4, -0.2) is 24.5 Å². The fraction of sp³-hybridized carbons (Fsp3) is 0.562. The Bertz CT molecular complexity index is 530. The summed E-state index contributed by atoms with van der Waals surface area (Å²) in [5.41, 5.74) is 0.615. The minimum Gasteiger partial charge on any atom is -0.424 e. The van der Waals surface area contributed by atoms with Gasteiger partial charge in [-0.05, 0) is 11.5 Å². The molecule has 1 unspecified atom stereocenters. The Morgan fingerprint density at radius 2 is 2.05 bits per heavy atom. The first-order valence-electron chi connectivity index (χ1n) is 7.13. The second-order valence-electron chi connectivity index (χ2n) is 5.54. The molecule has 0 bridgehead atoms. The predicted molar refractivity (Wildman–Crippen MR) is 76.4 cm³/mol. The van der Waals surface area contributed by atoms with Gasteiger partial charge >= 0.3 is 5.97 Å². The fourth-order valence-corrected chi connectivity index (χ4v) is 3.34. The Balaban J connectivity index is 2.07. The Morgan fingerprint density at radius 1 is 1.35 bits per heavy atom. The molecule has 1 aromatic rings. The minimum absolute atomic E-state index is 0.129. The second kappa shape index (κ2) is 4.57. The minimum atomic E-state index is -1.06. The number of benzene rings is 1. The molecule has 0 spiro atoms. The van der Waals surface area contributed by atoms with Crippen molar-refractivity contribution in [3.05, 3.63) is 35.9 Å². The van der Waals surface area contributed by atoms with E-state index in [9.17, 15) is 0 Å². The number of hydrogen-bond donors (Lipinski definition) is 0. The molecular weight excluding hydrogens is 254 g/mol. The number of nitrogens with zero attached hydrogens (tertiary/aromatic N) is 1. The van der Waals surface area contributed by atoms with Crippen LogP contribution in [0.5, 0.6) is 0 Å². The lowest BCUT2D eigenvalue weighted by molar-refractivity contribution is -0.472. The standard InChI is InChI=1S/C16H21NO3/c1-5-11(2)15-14(13-9-7-6-8-10-13)20-16(15,18-4)19-12(3)17-15/h6-11,14H,5H2,1-4H3/t11?,14-,15+,16+/m1/s1. The molecule has 0 amide bonds. The van der Waals surface area contributed by atoms with Crippen molar-refractivity contribution in [2.24, 2.45) is 10.9 Å². The van der Waals surface area contributed by atoms with Crippen molar-refractivity contribution >= 4 is 5.90 Å². The van der Waals surface area contributed by atoms with Crippen LogP contribution >= 0.6 is 0 Å². The number of methoxy groups -OCH3 is 1. The lowest BCUT2D eigenvalue weighted by atomic mass is 9.70. The molecule has 2 heterocycles. The Hall–Kier alpha value is -1.39. The van der Waals surface area contributed by atoms with Crippen molar-refractivity contribution in [2.75, 3.05) is 7.11 Å². The Labute approximate surface area is 119 Å². The van der Waals surface area contributed by atoms with Crippen molar-refractivity contribution < 1.29 is 14.2 Å². The van der Waals surface area contributed by atoms with Crippen LogP contribution in [-0.2, 0) is 14.2 Å². The highest BCUT2D eigenvalue weighted by atomic mass is 16.9. The topological polar surface area (TPSA) is 40.0 Å². The fourth-order valence-electron chi connectivity index (χ4n) is 3.34. The monoisotopic (exact) mass is 275 g/mol. The summed E-state index contributed by atoms with van der Waals surface area (Å²) in [4.78, 5) is 4.80. The van der Waals surface area contributed by atoms with Crippen LogP contribution in [0.2, 0.25) is 0 Å². The quantitative estimate of drug-likeness (QED) is 0.846. The van der Waals surface area contributed by atoms with E-state index in [2.05, 4.69) is 26.0 Å². The average molecular weight is 275 g/mol. The average Bonchev–Trinajstić information content (AvgIpc) is 2.69. The number of ether oxygens (including phenoxy) is 3. The molecular formula is C16H21NO3. The van der Waals surface area contributed by atoms with Gasteiger partial charge in [-0.3, -0.25) is 0 Å². The third kappa shape index (κ3) is 1.52. The molecule has 108 valence electrons. The highest BCUT2D eigenvalue weighted by Crippen LogP contribution is 2.62. The maximum absolute atomic E-state index is 6.02. The summed E-state index contributed by atoms with van der Waals surface area (Å²) in [5, 5.41) is 0. The van der Waals surface area contributed by atoms with Gasteiger partial charge in [0.05, 0.1) is 0 Å². The van der Waals surface area contributed by atoms with E-state index >= 15 is 0 Å². The van der Waals surface area contributed by atoms with Crippen molar-refractivity contribution in [1.82, 2.24) is 0 Å². The molecule has 1 aromatic carbocycles. The van der Waals surface area contributed by atoms with E-state index in [-0.39, 0.29) is 6.10 Å².